The molecule has 3 amide bonds. The topological polar surface area (TPSA) is 105 Å². The molecule has 0 spiro atoms. The predicted octanol–water partition coefficient (Wildman–Crippen LogP) is 2.99. The molecule has 1 saturated heterocycles. The average Bonchev–Trinajstić information content (AvgIpc) is 3.42. The molecule has 0 radical (unpaired) electrons. The van der Waals surface area contributed by atoms with Gasteiger partial charge < -0.3 is 10.2 Å². The Morgan fingerprint density at radius 2 is 1.90 bits per heavy atom. The second kappa shape index (κ2) is 9.55. The second-order valence-corrected chi connectivity index (χ2v) is 9.26. The van der Waals surface area contributed by atoms with Crippen LogP contribution in [-0.4, -0.2) is 56.5 Å². The van der Waals surface area contributed by atoms with Gasteiger partial charge in [-0.15, -0.1) is 10.2 Å². The van der Waals surface area contributed by atoms with Crippen molar-refractivity contribution in [1.29, 1.82) is 0 Å². The lowest BCUT2D eigenvalue weighted by Crippen LogP contribution is -2.43. The molecule has 0 atom stereocenters. The van der Waals surface area contributed by atoms with Gasteiger partial charge in [0.05, 0.1) is 11.8 Å². The molecule has 3 heterocycles. The summed E-state index contributed by atoms with van der Waals surface area (Å²) in [5, 5.41) is 20.0. The predicted molar refractivity (Wildman–Crippen MR) is 115 cm³/mol. The van der Waals surface area contributed by atoms with Crippen molar-refractivity contribution in [3.05, 3.63) is 23.0 Å². The maximum Gasteiger partial charge on any atom is 0.323 e. The number of nitrogens with zero attached hydrogens (tertiary/aromatic N) is 5. The number of carbonyl (C=O) groups excluding carboxylic acids is 2. The van der Waals surface area contributed by atoms with E-state index in [1.807, 2.05) is 4.90 Å². The first-order chi connectivity index (χ1) is 14.6. The number of aryl methyl sites for hydroxylation is 1. The monoisotopic (exact) mass is 431 g/mol. The first-order valence-electron chi connectivity index (χ1n) is 10.7. The number of nitrogens with one attached hydrogen (secondary N) is 2. The fourth-order valence-corrected chi connectivity index (χ4v) is 5.09. The molecule has 0 bridgehead atoms. The molecular formula is C20H29N7O2S. The third-order valence-electron chi connectivity index (χ3n) is 6.03. The van der Waals surface area contributed by atoms with Crippen LogP contribution in [0.2, 0.25) is 0 Å². The van der Waals surface area contributed by atoms with Crippen LogP contribution < -0.4 is 10.6 Å². The van der Waals surface area contributed by atoms with Gasteiger partial charge >= 0.3 is 6.03 Å². The first kappa shape index (κ1) is 20.8. The third kappa shape index (κ3) is 5.16. The molecule has 9 nitrogen and oxygen atoms in total. The zero-order valence-electron chi connectivity index (χ0n) is 17.3. The lowest BCUT2D eigenvalue weighted by Gasteiger charge is -2.31. The van der Waals surface area contributed by atoms with Gasteiger partial charge in [-0.25, -0.2) is 4.79 Å². The van der Waals surface area contributed by atoms with Gasteiger partial charge in [-0.2, -0.15) is 5.10 Å². The summed E-state index contributed by atoms with van der Waals surface area (Å²) in [4.78, 5) is 26.6. The largest absolute Gasteiger partial charge is 0.352 e. The molecule has 2 N–H and O–H groups in total. The van der Waals surface area contributed by atoms with Crippen LogP contribution in [0.3, 0.4) is 0 Å². The van der Waals surface area contributed by atoms with Crippen LogP contribution in [-0.2, 0) is 7.05 Å². The van der Waals surface area contributed by atoms with Crippen LogP contribution in [0.25, 0.3) is 0 Å². The van der Waals surface area contributed by atoms with Crippen LogP contribution in [0.1, 0.15) is 66.2 Å². The molecule has 1 saturated carbocycles. The summed E-state index contributed by atoms with van der Waals surface area (Å²) in [5.74, 6) is 0.766. The minimum absolute atomic E-state index is 0.103. The number of piperidine rings is 1. The normalized spacial score (nSPS) is 18.4. The number of rotatable bonds is 5. The molecule has 4 rings (SSSR count). The standard InChI is InChI=1S/C20H29N7O2S/c1-26-13-16(12-22-26)17(28)21-11-14-7-9-27(10-8-14)20(29)23-19-25-24-18(30-19)15-5-3-2-4-6-15/h12-15H,2-11H2,1H3,(H,21,28)(H,23,25,29). The van der Waals surface area contributed by atoms with Crippen LogP contribution >= 0.6 is 11.3 Å². The Morgan fingerprint density at radius 3 is 2.60 bits per heavy atom. The lowest BCUT2D eigenvalue weighted by molar-refractivity contribution is 0.0938. The van der Waals surface area contributed by atoms with Gasteiger partial charge in [0, 0.05) is 38.8 Å². The van der Waals surface area contributed by atoms with Gasteiger partial charge in [0.2, 0.25) is 5.13 Å². The molecule has 1 aliphatic carbocycles. The molecule has 2 fully saturated rings. The van der Waals surface area contributed by atoms with E-state index in [0.29, 0.717) is 42.2 Å². The van der Waals surface area contributed by atoms with Crippen molar-refractivity contribution in [2.75, 3.05) is 25.0 Å². The molecule has 2 aromatic heterocycles. The van der Waals surface area contributed by atoms with Gasteiger partial charge in [0.1, 0.15) is 5.01 Å². The number of hydrogen-bond donors (Lipinski definition) is 2. The van der Waals surface area contributed by atoms with E-state index in [1.165, 1.54) is 43.4 Å². The van der Waals surface area contributed by atoms with E-state index in [4.69, 9.17) is 0 Å². The molecule has 1 aliphatic heterocycles. The van der Waals surface area contributed by atoms with Crippen molar-refractivity contribution in [3.8, 4) is 0 Å². The maximum absolute atomic E-state index is 12.6. The number of carbonyl (C=O) groups is 2. The number of hydrogen-bond acceptors (Lipinski definition) is 6. The highest BCUT2D eigenvalue weighted by molar-refractivity contribution is 7.15. The zero-order chi connectivity index (χ0) is 20.9. The minimum Gasteiger partial charge on any atom is -0.352 e. The number of likely N-dealkylation sites (tertiary alicyclic amines) is 1. The molecule has 30 heavy (non-hydrogen) atoms. The fourth-order valence-electron chi connectivity index (χ4n) is 4.19. The Labute approximate surface area is 180 Å². The van der Waals surface area contributed by atoms with Crippen LogP contribution in [0.4, 0.5) is 9.93 Å². The molecule has 0 aromatic carbocycles. The second-order valence-electron chi connectivity index (χ2n) is 8.25. The Balaban J connectivity index is 1.20. The van der Waals surface area contributed by atoms with E-state index >= 15 is 0 Å². The molecule has 0 unspecified atom stereocenters. The van der Waals surface area contributed by atoms with Crippen molar-refractivity contribution in [3.63, 3.8) is 0 Å². The highest BCUT2D eigenvalue weighted by Crippen LogP contribution is 2.35. The maximum atomic E-state index is 12.6. The van der Waals surface area contributed by atoms with Gasteiger partial charge in [-0.05, 0) is 31.6 Å². The SMILES string of the molecule is Cn1cc(C(=O)NCC2CCN(C(=O)Nc3nnc(C4CCCCC4)s3)CC2)cn1. The van der Waals surface area contributed by atoms with Crippen molar-refractivity contribution < 1.29 is 9.59 Å². The van der Waals surface area contributed by atoms with E-state index in [-0.39, 0.29) is 11.9 Å². The lowest BCUT2D eigenvalue weighted by atomic mass is 9.90. The third-order valence-corrected chi connectivity index (χ3v) is 7.03. The van der Waals surface area contributed by atoms with E-state index in [9.17, 15) is 9.59 Å². The quantitative estimate of drug-likeness (QED) is 0.757. The Hall–Kier alpha value is -2.49. The summed E-state index contributed by atoms with van der Waals surface area (Å²) < 4.78 is 1.61. The summed E-state index contributed by atoms with van der Waals surface area (Å²) in [6.07, 6.45) is 11.2. The number of urea groups is 1. The highest BCUT2D eigenvalue weighted by Gasteiger charge is 2.25. The summed E-state index contributed by atoms with van der Waals surface area (Å²) in [6, 6.07) is -0.112. The molecule has 162 valence electrons. The van der Waals surface area contributed by atoms with Crippen molar-refractivity contribution >= 4 is 28.4 Å². The van der Waals surface area contributed by atoms with Gasteiger partial charge in [-0.1, -0.05) is 30.6 Å². The van der Waals surface area contributed by atoms with E-state index < -0.39 is 0 Å². The van der Waals surface area contributed by atoms with Gasteiger partial charge in [0.15, 0.2) is 0 Å². The number of amides is 3. The Kier molecular flexibility index (Phi) is 6.61. The highest BCUT2D eigenvalue weighted by atomic mass is 32.1. The Bertz CT molecular complexity index is 866. The summed E-state index contributed by atoms with van der Waals surface area (Å²) in [6.45, 7) is 1.96. The van der Waals surface area contributed by atoms with Gasteiger partial charge in [0.25, 0.3) is 5.91 Å². The first-order valence-corrected chi connectivity index (χ1v) is 11.6. The fraction of sp³-hybridized carbons (Fsp3) is 0.650. The van der Waals surface area contributed by atoms with E-state index in [2.05, 4.69) is 25.9 Å². The van der Waals surface area contributed by atoms with Crippen molar-refractivity contribution in [2.24, 2.45) is 13.0 Å². The van der Waals surface area contributed by atoms with Crippen molar-refractivity contribution in [2.45, 2.75) is 50.9 Å². The average molecular weight is 432 g/mol. The Morgan fingerprint density at radius 1 is 1.13 bits per heavy atom. The number of aromatic nitrogens is 4. The molecular weight excluding hydrogens is 402 g/mol. The van der Waals surface area contributed by atoms with Crippen molar-refractivity contribution in [1.82, 2.24) is 30.2 Å². The summed E-state index contributed by atoms with van der Waals surface area (Å²) in [5.41, 5.74) is 0.568. The smallest absolute Gasteiger partial charge is 0.323 e. The molecule has 2 aromatic rings. The zero-order valence-corrected chi connectivity index (χ0v) is 18.2. The summed E-state index contributed by atoms with van der Waals surface area (Å²) in [7, 11) is 1.79. The van der Waals surface area contributed by atoms with E-state index in [1.54, 1.807) is 24.1 Å². The van der Waals surface area contributed by atoms with E-state index in [0.717, 1.165) is 17.8 Å². The van der Waals surface area contributed by atoms with Crippen LogP contribution in [0.15, 0.2) is 12.4 Å². The molecule has 2 aliphatic rings. The van der Waals surface area contributed by atoms with Crippen LogP contribution in [0, 0.1) is 5.92 Å². The van der Waals surface area contributed by atoms with Gasteiger partial charge in [-0.3, -0.25) is 14.8 Å². The summed E-state index contributed by atoms with van der Waals surface area (Å²) >= 11 is 1.51. The minimum atomic E-state index is -0.112. The molecule has 10 heteroatoms. The number of anilines is 1. The van der Waals surface area contributed by atoms with Crippen LogP contribution in [0.5, 0.6) is 0 Å².